The lowest BCUT2D eigenvalue weighted by Gasteiger charge is -2.34. The summed E-state index contributed by atoms with van der Waals surface area (Å²) in [4.78, 5) is 42.4. The third-order valence-corrected chi connectivity index (χ3v) is 7.44. The number of piperazine rings is 1. The van der Waals surface area contributed by atoms with E-state index in [1.165, 1.54) is 30.8 Å². The number of hydrogen-bond donors (Lipinski definition) is 0. The van der Waals surface area contributed by atoms with Crippen LogP contribution in [0.25, 0.3) is 0 Å². The van der Waals surface area contributed by atoms with Crippen LogP contribution in [0.4, 0.5) is 23.7 Å². The minimum absolute atomic E-state index is 0.124. The van der Waals surface area contributed by atoms with Crippen LogP contribution in [-0.2, 0) is 15.8 Å². The van der Waals surface area contributed by atoms with Gasteiger partial charge in [0.2, 0.25) is 0 Å². The number of thioether (sulfide) groups is 1. The van der Waals surface area contributed by atoms with Crippen LogP contribution in [0.3, 0.4) is 0 Å². The molecule has 1 fully saturated rings. The SMILES string of the molecule is CSC(=O)N1CCN(CCCCCCCC2=C(C)C(=O)N(c3ccc(C#N)c(C(F)(F)F)c3)C2=O)CC1. The van der Waals surface area contributed by atoms with Crippen LogP contribution in [-0.4, -0.2) is 65.8 Å². The number of rotatable bonds is 9. The molecule has 3 rings (SSSR count). The van der Waals surface area contributed by atoms with E-state index in [9.17, 15) is 27.6 Å². The number of alkyl halides is 3. The number of carbonyl (C=O) groups excluding carboxylic acids is 3. The summed E-state index contributed by atoms with van der Waals surface area (Å²) >= 11 is 1.24. The molecule has 37 heavy (non-hydrogen) atoms. The first-order chi connectivity index (χ1) is 17.6. The number of unbranched alkanes of at least 4 members (excludes halogenated alkanes) is 4. The van der Waals surface area contributed by atoms with Crippen LogP contribution < -0.4 is 4.90 Å². The van der Waals surface area contributed by atoms with Crippen molar-refractivity contribution in [2.24, 2.45) is 0 Å². The van der Waals surface area contributed by atoms with Gasteiger partial charge in [-0.05, 0) is 57.2 Å². The zero-order chi connectivity index (χ0) is 27.2. The van der Waals surface area contributed by atoms with Crippen LogP contribution in [0.1, 0.15) is 56.6 Å². The fourth-order valence-electron chi connectivity index (χ4n) is 4.67. The van der Waals surface area contributed by atoms with Crippen LogP contribution in [0.5, 0.6) is 0 Å². The average Bonchev–Trinajstić information content (AvgIpc) is 3.09. The molecule has 0 bridgehead atoms. The molecule has 1 saturated heterocycles. The van der Waals surface area contributed by atoms with E-state index in [-0.39, 0.29) is 16.5 Å². The van der Waals surface area contributed by atoms with Crippen LogP contribution >= 0.6 is 11.8 Å². The molecule has 7 nitrogen and oxygen atoms in total. The molecule has 200 valence electrons. The van der Waals surface area contributed by atoms with Crippen molar-refractivity contribution < 1.29 is 27.6 Å². The Kier molecular flexibility index (Phi) is 9.79. The number of nitriles is 1. The van der Waals surface area contributed by atoms with Crippen molar-refractivity contribution >= 4 is 34.5 Å². The summed E-state index contributed by atoms with van der Waals surface area (Å²) in [6.45, 7) is 5.80. The van der Waals surface area contributed by atoms with Crippen molar-refractivity contribution in [3.05, 3.63) is 40.5 Å². The Hall–Kier alpha value is -2.84. The quantitative estimate of drug-likeness (QED) is 0.318. The van der Waals surface area contributed by atoms with Gasteiger partial charge in [-0.1, -0.05) is 31.0 Å². The Morgan fingerprint density at radius 3 is 2.30 bits per heavy atom. The number of amides is 3. The average molecular weight is 537 g/mol. The van der Waals surface area contributed by atoms with E-state index in [1.807, 2.05) is 4.90 Å². The zero-order valence-corrected chi connectivity index (χ0v) is 21.9. The number of carbonyl (C=O) groups is 3. The molecule has 0 radical (unpaired) electrons. The van der Waals surface area contributed by atoms with Gasteiger partial charge in [0, 0.05) is 37.3 Å². The summed E-state index contributed by atoms with van der Waals surface area (Å²) in [6, 6.07) is 4.36. The summed E-state index contributed by atoms with van der Waals surface area (Å²) in [5.74, 6) is -1.23. The van der Waals surface area contributed by atoms with Gasteiger partial charge >= 0.3 is 6.18 Å². The number of nitrogens with zero attached hydrogens (tertiary/aromatic N) is 4. The molecule has 1 aromatic rings. The lowest BCUT2D eigenvalue weighted by Crippen LogP contribution is -2.47. The summed E-state index contributed by atoms with van der Waals surface area (Å²) in [7, 11) is 0. The first kappa shape index (κ1) is 28.7. The predicted molar refractivity (Wildman–Crippen MR) is 136 cm³/mol. The number of halogens is 3. The first-order valence-electron chi connectivity index (χ1n) is 12.3. The van der Waals surface area contributed by atoms with Gasteiger partial charge in [0.1, 0.15) is 0 Å². The van der Waals surface area contributed by atoms with Crippen molar-refractivity contribution in [2.45, 2.75) is 51.6 Å². The molecular weight excluding hydrogens is 505 g/mol. The molecule has 2 heterocycles. The predicted octanol–water partition coefficient (Wildman–Crippen LogP) is 5.21. The Bertz CT molecular complexity index is 1110. The van der Waals surface area contributed by atoms with Gasteiger partial charge in [-0.2, -0.15) is 18.4 Å². The fraction of sp³-hybridized carbons (Fsp3) is 0.538. The van der Waals surface area contributed by atoms with Crippen molar-refractivity contribution in [2.75, 3.05) is 43.9 Å². The molecule has 3 amide bonds. The maximum atomic E-state index is 13.3. The molecule has 2 aliphatic heterocycles. The molecule has 0 spiro atoms. The summed E-state index contributed by atoms with van der Waals surface area (Å²) in [5.41, 5.74) is -1.33. The molecule has 11 heteroatoms. The summed E-state index contributed by atoms with van der Waals surface area (Å²) in [5, 5.41) is 9.11. The van der Waals surface area contributed by atoms with Gasteiger partial charge < -0.3 is 4.90 Å². The Morgan fingerprint density at radius 1 is 1.03 bits per heavy atom. The van der Waals surface area contributed by atoms with Gasteiger partial charge in [-0.25, -0.2) is 4.90 Å². The molecule has 0 N–H and O–H groups in total. The van der Waals surface area contributed by atoms with Gasteiger partial charge in [0.15, 0.2) is 0 Å². The van der Waals surface area contributed by atoms with Crippen molar-refractivity contribution in [3.8, 4) is 6.07 Å². The number of anilines is 1. The molecule has 0 aliphatic carbocycles. The maximum absolute atomic E-state index is 13.3. The van der Waals surface area contributed by atoms with E-state index < -0.39 is 29.1 Å². The zero-order valence-electron chi connectivity index (χ0n) is 21.1. The third-order valence-electron chi connectivity index (χ3n) is 6.83. The third kappa shape index (κ3) is 6.93. The highest BCUT2D eigenvalue weighted by Gasteiger charge is 2.39. The fourth-order valence-corrected chi connectivity index (χ4v) is 5.11. The van der Waals surface area contributed by atoms with Crippen molar-refractivity contribution in [3.63, 3.8) is 0 Å². The minimum Gasteiger partial charge on any atom is -0.331 e. The summed E-state index contributed by atoms with van der Waals surface area (Å²) in [6.07, 6.45) is 2.05. The second kappa shape index (κ2) is 12.6. The number of hydrogen-bond acceptors (Lipinski definition) is 6. The first-order valence-corrected chi connectivity index (χ1v) is 13.6. The molecule has 1 aromatic carbocycles. The highest BCUT2D eigenvalue weighted by molar-refractivity contribution is 8.12. The van der Waals surface area contributed by atoms with Crippen LogP contribution in [0.2, 0.25) is 0 Å². The molecule has 0 atom stereocenters. The standard InChI is InChI=1S/C26H31F3N4O3S/c1-18-21(8-6-4-3-5-7-11-31-12-14-32(15-13-31)25(36)37-2)24(35)33(23(18)34)20-10-9-19(17-30)22(16-20)26(27,28)29/h9-10,16H,3-8,11-15H2,1-2H3. The van der Waals surface area contributed by atoms with E-state index in [4.69, 9.17) is 5.26 Å². The Morgan fingerprint density at radius 2 is 1.68 bits per heavy atom. The Labute approximate surface area is 219 Å². The van der Waals surface area contributed by atoms with Gasteiger partial charge in [-0.15, -0.1) is 0 Å². The van der Waals surface area contributed by atoms with E-state index >= 15 is 0 Å². The molecule has 0 aromatic heterocycles. The highest BCUT2D eigenvalue weighted by Crippen LogP contribution is 2.37. The number of imide groups is 1. The van der Waals surface area contributed by atoms with Crippen molar-refractivity contribution in [1.82, 2.24) is 9.80 Å². The largest absolute Gasteiger partial charge is 0.417 e. The van der Waals surface area contributed by atoms with E-state index in [1.54, 1.807) is 6.26 Å². The van der Waals surface area contributed by atoms with Gasteiger partial charge in [0.25, 0.3) is 17.1 Å². The number of benzene rings is 1. The van der Waals surface area contributed by atoms with Crippen molar-refractivity contribution in [1.29, 1.82) is 5.26 Å². The van der Waals surface area contributed by atoms with Crippen LogP contribution in [0, 0.1) is 11.3 Å². The van der Waals surface area contributed by atoms with Gasteiger partial charge in [0.05, 0.1) is 22.9 Å². The van der Waals surface area contributed by atoms with E-state index in [0.29, 0.717) is 24.5 Å². The summed E-state index contributed by atoms with van der Waals surface area (Å²) < 4.78 is 40.0. The Balaban J connectivity index is 1.44. The lowest BCUT2D eigenvalue weighted by molar-refractivity contribution is -0.138. The second-order valence-electron chi connectivity index (χ2n) is 9.21. The maximum Gasteiger partial charge on any atom is 0.417 e. The van der Waals surface area contributed by atoms with E-state index in [0.717, 1.165) is 69.4 Å². The lowest BCUT2D eigenvalue weighted by atomic mass is 10.0. The van der Waals surface area contributed by atoms with E-state index in [2.05, 4.69) is 4.90 Å². The molecule has 0 unspecified atom stereocenters. The molecular formula is C26H31F3N4O3S. The smallest absolute Gasteiger partial charge is 0.331 e. The van der Waals surface area contributed by atoms with Gasteiger partial charge in [-0.3, -0.25) is 19.3 Å². The van der Waals surface area contributed by atoms with Crippen LogP contribution in [0.15, 0.2) is 29.3 Å². The molecule has 0 saturated carbocycles. The molecule has 2 aliphatic rings. The second-order valence-corrected chi connectivity index (χ2v) is 9.96. The normalized spacial score (nSPS) is 17.1. The minimum atomic E-state index is -4.78. The monoisotopic (exact) mass is 536 g/mol. The topological polar surface area (TPSA) is 84.7 Å². The highest BCUT2D eigenvalue weighted by atomic mass is 32.2.